The molecule has 2 rings (SSSR count). The monoisotopic (exact) mass is 251 g/mol. The second-order valence-electron chi connectivity index (χ2n) is 3.53. The van der Waals surface area contributed by atoms with Crippen LogP contribution in [0.2, 0.25) is 5.02 Å². The molecule has 0 aliphatic rings. The molecule has 0 bridgehead atoms. The van der Waals surface area contributed by atoms with Crippen molar-refractivity contribution in [3.8, 4) is 10.4 Å². The zero-order valence-electron chi connectivity index (χ0n) is 9.16. The molecule has 0 unspecified atom stereocenters. The van der Waals surface area contributed by atoms with Gasteiger partial charge in [-0.2, -0.15) is 0 Å². The first-order chi connectivity index (χ1) is 7.81. The van der Waals surface area contributed by atoms with Crippen molar-refractivity contribution in [2.45, 2.75) is 13.5 Å². The lowest BCUT2D eigenvalue weighted by molar-refractivity contribution is 0.735. The SMILES string of the molecule is CCNCc1ccc(-c2ccccc2Cl)s1. The van der Waals surface area contributed by atoms with E-state index < -0.39 is 0 Å². The van der Waals surface area contributed by atoms with Crippen LogP contribution in [0.1, 0.15) is 11.8 Å². The number of halogens is 1. The smallest absolute Gasteiger partial charge is 0.0492 e. The molecular formula is C13H14ClNS. The van der Waals surface area contributed by atoms with Crippen LogP contribution in [0.4, 0.5) is 0 Å². The van der Waals surface area contributed by atoms with Crippen LogP contribution in [0.15, 0.2) is 36.4 Å². The highest BCUT2D eigenvalue weighted by molar-refractivity contribution is 7.15. The zero-order valence-corrected chi connectivity index (χ0v) is 10.7. The van der Waals surface area contributed by atoms with Gasteiger partial charge in [0.1, 0.15) is 0 Å². The van der Waals surface area contributed by atoms with Crippen LogP contribution in [0.3, 0.4) is 0 Å². The molecule has 1 nitrogen and oxygen atoms in total. The zero-order chi connectivity index (χ0) is 11.4. The molecule has 0 saturated carbocycles. The molecule has 3 heteroatoms. The Morgan fingerprint density at radius 3 is 2.75 bits per heavy atom. The lowest BCUT2D eigenvalue weighted by atomic mass is 10.2. The average Bonchev–Trinajstić information content (AvgIpc) is 2.75. The Bertz CT molecular complexity index is 464. The fraction of sp³-hybridized carbons (Fsp3) is 0.231. The van der Waals surface area contributed by atoms with Crippen LogP contribution < -0.4 is 5.32 Å². The minimum absolute atomic E-state index is 0.819. The lowest BCUT2D eigenvalue weighted by Gasteiger charge is -2.00. The number of hydrogen-bond acceptors (Lipinski definition) is 2. The molecule has 0 radical (unpaired) electrons. The summed E-state index contributed by atoms with van der Waals surface area (Å²) in [5, 5.41) is 4.14. The number of benzene rings is 1. The Morgan fingerprint density at radius 2 is 2.00 bits per heavy atom. The summed E-state index contributed by atoms with van der Waals surface area (Å²) in [5.74, 6) is 0. The van der Waals surface area contributed by atoms with E-state index in [4.69, 9.17) is 11.6 Å². The number of thiophene rings is 1. The van der Waals surface area contributed by atoms with Gasteiger partial charge in [0.25, 0.3) is 0 Å². The van der Waals surface area contributed by atoms with Gasteiger partial charge in [-0.25, -0.2) is 0 Å². The maximum Gasteiger partial charge on any atom is 0.0492 e. The van der Waals surface area contributed by atoms with Crippen molar-refractivity contribution >= 4 is 22.9 Å². The molecule has 1 aromatic carbocycles. The van der Waals surface area contributed by atoms with E-state index in [-0.39, 0.29) is 0 Å². The van der Waals surface area contributed by atoms with E-state index in [1.807, 2.05) is 18.2 Å². The van der Waals surface area contributed by atoms with E-state index in [0.717, 1.165) is 23.7 Å². The van der Waals surface area contributed by atoms with Crippen molar-refractivity contribution in [3.63, 3.8) is 0 Å². The van der Waals surface area contributed by atoms with Crippen molar-refractivity contribution in [2.75, 3.05) is 6.54 Å². The summed E-state index contributed by atoms with van der Waals surface area (Å²) in [4.78, 5) is 2.58. The van der Waals surface area contributed by atoms with Gasteiger partial charge >= 0.3 is 0 Å². The molecule has 0 saturated heterocycles. The standard InChI is InChI=1S/C13H14ClNS/c1-2-15-9-10-7-8-13(16-10)11-5-3-4-6-12(11)14/h3-8,15H,2,9H2,1H3. The minimum Gasteiger partial charge on any atom is -0.312 e. The summed E-state index contributed by atoms with van der Waals surface area (Å²) in [7, 11) is 0. The third kappa shape index (κ3) is 2.64. The van der Waals surface area contributed by atoms with E-state index >= 15 is 0 Å². The van der Waals surface area contributed by atoms with Crippen molar-refractivity contribution in [1.29, 1.82) is 0 Å². The topological polar surface area (TPSA) is 12.0 Å². The summed E-state index contributed by atoms with van der Waals surface area (Å²) >= 11 is 7.96. The third-order valence-electron chi connectivity index (χ3n) is 2.35. The van der Waals surface area contributed by atoms with Crippen molar-refractivity contribution in [3.05, 3.63) is 46.3 Å². The molecule has 0 atom stereocenters. The fourth-order valence-electron chi connectivity index (χ4n) is 1.53. The van der Waals surface area contributed by atoms with Crippen LogP contribution in [-0.2, 0) is 6.54 Å². The lowest BCUT2D eigenvalue weighted by Crippen LogP contribution is -2.10. The normalized spacial score (nSPS) is 10.6. The predicted molar refractivity (Wildman–Crippen MR) is 72.1 cm³/mol. The summed E-state index contributed by atoms with van der Waals surface area (Å²) in [6.07, 6.45) is 0. The molecule has 1 heterocycles. The van der Waals surface area contributed by atoms with E-state index in [9.17, 15) is 0 Å². The van der Waals surface area contributed by atoms with Gasteiger partial charge in [0, 0.05) is 26.9 Å². The number of rotatable bonds is 4. The van der Waals surface area contributed by atoms with Crippen molar-refractivity contribution < 1.29 is 0 Å². The maximum atomic E-state index is 6.16. The van der Waals surface area contributed by atoms with E-state index in [0.29, 0.717) is 0 Å². The van der Waals surface area contributed by atoms with Gasteiger partial charge in [-0.1, -0.05) is 36.7 Å². The Balaban J connectivity index is 2.22. The molecule has 16 heavy (non-hydrogen) atoms. The Hall–Kier alpha value is -0.830. The Morgan fingerprint density at radius 1 is 1.19 bits per heavy atom. The van der Waals surface area contributed by atoms with Gasteiger partial charge in [0.15, 0.2) is 0 Å². The van der Waals surface area contributed by atoms with E-state index in [1.54, 1.807) is 11.3 Å². The molecule has 0 spiro atoms. The highest BCUT2D eigenvalue weighted by Gasteiger charge is 2.05. The van der Waals surface area contributed by atoms with Crippen LogP contribution >= 0.6 is 22.9 Å². The first-order valence-electron chi connectivity index (χ1n) is 5.35. The highest BCUT2D eigenvalue weighted by Crippen LogP contribution is 2.32. The second-order valence-corrected chi connectivity index (χ2v) is 5.10. The summed E-state index contributed by atoms with van der Waals surface area (Å²) < 4.78 is 0. The third-order valence-corrected chi connectivity index (χ3v) is 3.80. The summed E-state index contributed by atoms with van der Waals surface area (Å²) in [6.45, 7) is 4.05. The van der Waals surface area contributed by atoms with Gasteiger partial charge in [0.2, 0.25) is 0 Å². The quantitative estimate of drug-likeness (QED) is 0.860. The second kappa shape index (κ2) is 5.48. The molecule has 0 fully saturated rings. The summed E-state index contributed by atoms with van der Waals surface area (Å²) in [5.41, 5.74) is 1.12. The Kier molecular flexibility index (Phi) is 3.99. The maximum absolute atomic E-state index is 6.16. The first-order valence-corrected chi connectivity index (χ1v) is 6.55. The summed E-state index contributed by atoms with van der Waals surface area (Å²) in [6, 6.07) is 12.3. The molecule has 2 aromatic rings. The van der Waals surface area contributed by atoms with Gasteiger partial charge in [0.05, 0.1) is 0 Å². The minimum atomic E-state index is 0.819. The number of hydrogen-bond donors (Lipinski definition) is 1. The highest BCUT2D eigenvalue weighted by atomic mass is 35.5. The molecule has 0 aliphatic carbocycles. The van der Waals surface area contributed by atoms with Crippen LogP contribution in [-0.4, -0.2) is 6.54 Å². The van der Waals surface area contributed by atoms with Gasteiger partial charge in [-0.15, -0.1) is 11.3 Å². The van der Waals surface area contributed by atoms with Gasteiger partial charge < -0.3 is 5.32 Å². The molecule has 84 valence electrons. The molecule has 1 aromatic heterocycles. The van der Waals surface area contributed by atoms with Crippen LogP contribution in [0.5, 0.6) is 0 Å². The Labute approximate surface area is 105 Å². The average molecular weight is 252 g/mol. The molecule has 0 aliphatic heterocycles. The molecule has 0 amide bonds. The first kappa shape index (κ1) is 11.6. The predicted octanol–water partition coefficient (Wildman–Crippen LogP) is 4.18. The van der Waals surface area contributed by atoms with Crippen LogP contribution in [0, 0.1) is 0 Å². The van der Waals surface area contributed by atoms with E-state index in [2.05, 4.69) is 30.4 Å². The molecule has 1 N–H and O–H groups in total. The number of nitrogens with one attached hydrogen (secondary N) is 1. The van der Waals surface area contributed by atoms with E-state index in [1.165, 1.54) is 9.75 Å². The van der Waals surface area contributed by atoms with Gasteiger partial charge in [-0.3, -0.25) is 0 Å². The van der Waals surface area contributed by atoms with Gasteiger partial charge in [-0.05, 0) is 24.7 Å². The van der Waals surface area contributed by atoms with Crippen molar-refractivity contribution in [1.82, 2.24) is 5.32 Å². The molecular weight excluding hydrogens is 238 g/mol. The largest absolute Gasteiger partial charge is 0.312 e. The van der Waals surface area contributed by atoms with Crippen LogP contribution in [0.25, 0.3) is 10.4 Å². The van der Waals surface area contributed by atoms with Crippen molar-refractivity contribution in [2.24, 2.45) is 0 Å². The fourth-order valence-corrected chi connectivity index (χ4v) is 2.84.